The summed E-state index contributed by atoms with van der Waals surface area (Å²) in [5.74, 6) is -0.151. The third kappa shape index (κ3) is 3.18. The second kappa shape index (κ2) is 5.79. The molecule has 0 saturated carbocycles. The molecular formula is C12H19N5O. The lowest BCUT2D eigenvalue weighted by molar-refractivity contribution is 0.0658. The number of hydrazine groups is 1. The van der Waals surface area contributed by atoms with Crippen molar-refractivity contribution in [1.82, 2.24) is 20.3 Å². The molecule has 1 saturated heterocycles. The molecule has 1 aliphatic rings. The van der Waals surface area contributed by atoms with Crippen LogP contribution >= 0.6 is 0 Å². The number of rotatable bonds is 3. The molecule has 0 atom stereocenters. The minimum absolute atomic E-state index is 0.151. The number of pyridine rings is 1. The van der Waals surface area contributed by atoms with Crippen LogP contribution in [0.15, 0.2) is 18.3 Å². The van der Waals surface area contributed by atoms with Crippen molar-refractivity contribution in [3.63, 3.8) is 0 Å². The number of likely N-dealkylation sites (N-methyl/N-ethyl adjacent to an activating group) is 1. The maximum absolute atomic E-state index is 11.9. The molecule has 98 valence electrons. The highest BCUT2D eigenvalue weighted by Crippen LogP contribution is 2.05. The molecule has 1 amide bonds. The van der Waals surface area contributed by atoms with Gasteiger partial charge in [-0.3, -0.25) is 10.2 Å². The smallest absolute Gasteiger partial charge is 0.284 e. The Labute approximate surface area is 107 Å². The Morgan fingerprint density at radius 1 is 1.28 bits per heavy atom. The van der Waals surface area contributed by atoms with Gasteiger partial charge in [-0.05, 0) is 19.2 Å². The average Bonchev–Trinajstić information content (AvgIpc) is 2.41. The molecule has 18 heavy (non-hydrogen) atoms. The van der Waals surface area contributed by atoms with E-state index in [1.54, 1.807) is 12.3 Å². The van der Waals surface area contributed by atoms with Crippen molar-refractivity contribution in [2.75, 3.05) is 45.6 Å². The third-order valence-electron chi connectivity index (χ3n) is 3.05. The third-order valence-corrected chi connectivity index (χ3v) is 3.05. The summed E-state index contributed by atoms with van der Waals surface area (Å²) in [4.78, 5) is 18.3. The van der Waals surface area contributed by atoms with Gasteiger partial charge in [-0.15, -0.1) is 0 Å². The zero-order valence-electron chi connectivity index (χ0n) is 10.8. The van der Waals surface area contributed by atoms with Gasteiger partial charge in [-0.2, -0.15) is 0 Å². The zero-order chi connectivity index (χ0) is 13.0. The summed E-state index contributed by atoms with van der Waals surface area (Å²) in [5, 5.41) is 4.91. The van der Waals surface area contributed by atoms with Crippen LogP contribution in [0.5, 0.6) is 0 Å². The Morgan fingerprint density at radius 3 is 2.56 bits per heavy atom. The van der Waals surface area contributed by atoms with E-state index < -0.39 is 0 Å². The average molecular weight is 249 g/mol. The number of amides is 1. The SMILES string of the molecule is CNc1ccc(C(=O)NN2CCN(C)CC2)nc1. The van der Waals surface area contributed by atoms with Crippen molar-refractivity contribution >= 4 is 11.6 Å². The number of nitrogens with zero attached hydrogens (tertiary/aromatic N) is 3. The molecule has 1 fully saturated rings. The van der Waals surface area contributed by atoms with Crippen LogP contribution in [0.4, 0.5) is 5.69 Å². The number of hydrogen-bond donors (Lipinski definition) is 2. The lowest BCUT2D eigenvalue weighted by Gasteiger charge is -2.32. The minimum Gasteiger partial charge on any atom is -0.387 e. The van der Waals surface area contributed by atoms with E-state index in [0.29, 0.717) is 5.69 Å². The standard InChI is InChI=1S/C12H19N5O/c1-13-10-3-4-11(14-9-10)12(18)15-17-7-5-16(2)6-8-17/h3-4,9,13H,5-8H2,1-2H3,(H,15,18). The van der Waals surface area contributed by atoms with E-state index >= 15 is 0 Å². The van der Waals surface area contributed by atoms with E-state index in [2.05, 4.69) is 27.7 Å². The molecule has 2 heterocycles. The van der Waals surface area contributed by atoms with Crippen molar-refractivity contribution < 1.29 is 4.79 Å². The van der Waals surface area contributed by atoms with Crippen molar-refractivity contribution in [2.45, 2.75) is 0 Å². The molecule has 0 bridgehead atoms. The number of piperazine rings is 1. The van der Waals surface area contributed by atoms with Gasteiger partial charge in [0.1, 0.15) is 5.69 Å². The minimum atomic E-state index is -0.151. The van der Waals surface area contributed by atoms with Crippen molar-refractivity contribution in [1.29, 1.82) is 0 Å². The number of hydrogen-bond acceptors (Lipinski definition) is 5. The molecule has 2 N–H and O–H groups in total. The normalized spacial score (nSPS) is 17.4. The maximum atomic E-state index is 11.9. The highest BCUT2D eigenvalue weighted by Gasteiger charge is 2.16. The van der Waals surface area contributed by atoms with Crippen molar-refractivity contribution in [2.24, 2.45) is 0 Å². The van der Waals surface area contributed by atoms with Gasteiger partial charge in [0.25, 0.3) is 5.91 Å². The quantitative estimate of drug-likeness (QED) is 0.790. The Kier molecular flexibility index (Phi) is 4.11. The van der Waals surface area contributed by atoms with Crippen LogP contribution in [-0.4, -0.2) is 61.1 Å². The van der Waals surface area contributed by atoms with Gasteiger partial charge in [-0.25, -0.2) is 9.99 Å². The fourth-order valence-electron chi connectivity index (χ4n) is 1.80. The maximum Gasteiger partial charge on any atom is 0.284 e. The highest BCUT2D eigenvalue weighted by molar-refractivity contribution is 5.92. The van der Waals surface area contributed by atoms with Gasteiger partial charge >= 0.3 is 0 Å². The predicted molar refractivity (Wildman–Crippen MR) is 70.3 cm³/mol. The predicted octanol–water partition coefficient (Wildman–Crippen LogP) is 0.0155. The monoisotopic (exact) mass is 249 g/mol. The summed E-state index contributed by atoms with van der Waals surface area (Å²) in [6.45, 7) is 3.62. The molecule has 0 radical (unpaired) electrons. The largest absolute Gasteiger partial charge is 0.387 e. The lowest BCUT2D eigenvalue weighted by Crippen LogP contribution is -2.52. The molecule has 0 aliphatic carbocycles. The first-order valence-corrected chi connectivity index (χ1v) is 6.07. The number of aromatic nitrogens is 1. The van der Waals surface area contributed by atoms with E-state index in [1.807, 2.05) is 18.1 Å². The molecule has 6 heteroatoms. The Bertz CT molecular complexity index is 397. The van der Waals surface area contributed by atoms with E-state index in [0.717, 1.165) is 31.9 Å². The van der Waals surface area contributed by atoms with E-state index in [1.165, 1.54) is 0 Å². The summed E-state index contributed by atoms with van der Waals surface area (Å²) >= 11 is 0. The molecule has 1 aromatic heterocycles. The Morgan fingerprint density at radius 2 is 2.00 bits per heavy atom. The van der Waals surface area contributed by atoms with Gasteiger partial charge < -0.3 is 10.2 Å². The second-order valence-electron chi connectivity index (χ2n) is 4.41. The molecule has 0 aromatic carbocycles. The lowest BCUT2D eigenvalue weighted by atomic mass is 10.3. The van der Waals surface area contributed by atoms with Crippen LogP contribution in [0.2, 0.25) is 0 Å². The highest BCUT2D eigenvalue weighted by atomic mass is 16.2. The number of carbonyl (C=O) groups is 1. The summed E-state index contributed by atoms with van der Waals surface area (Å²) in [6.07, 6.45) is 1.65. The van der Waals surface area contributed by atoms with Crippen molar-refractivity contribution in [3.05, 3.63) is 24.0 Å². The molecule has 1 aliphatic heterocycles. The summed E-state index contributed by atoms with van der Waals surface area (Å²) in [7, 11) is 3.90. The van der Waals surface area contributed by atoms with Crippen LogP contribution in [0.1, 0.15) is 10.5 Å². The van der Waals surface area contributed by atoms with Gasteiger partial charge in [0.05, 0.1) is 11.9 Å². The molecule has 6 nitrogen and oxygen atoms in total. The van der Waals surface area contributed by atoms with E-state index in [9.17, 15) is 4.79 Å². The fourth-order valence-corrected chi connectivity index (χ4v) is 1.80. The first kappa shape index (κ1) is 12.8. The molecule has 2 rings (SSSR count). The van der Waals surface area contributed by atoms with Crippen LogP contribution in [0.25, 0.3) is 0 Å². The van der Waals surface area contributed by atoms with Gasteiger partial charge in [0, 0.05) is 33.2 Å². The zero-order valence-corrected chi connectivity index (χ0v) is 10.8. The molecular weight excluding hydrogens is 230 g/mol. The topological polar surface area (TPSA) is 60.5 Å². The number of carbonyl (C=O) groups excluding carboxylic acids is 1. The first-order chi connectivity index (χ1) is 8.69. The number of anilines is 1. The first-order valence-electron chi connectivity index (χ1n) is 6.07. The Balaban J connectivity index is 1.90. The van der Waals surface area contributed by atoms with Crippen LogP contribution in [0, 0.1) is 0 Å². The summed E-state index contributed by atoms with van der Waals surface area (Å²) < 4.78 is 0. The second-order valence-corrected chi connectivity index (χ2v) is 4.41. The van der Waals surface area contributed by atoms with Gasteiger partial charge in [0.2, 0.25) is 0 Å². The summed E-state index contributed by atoms with van der Waals surface area (Å²) in [5.41, 5.74) is 4.21. The van der Waals surface area contributed by atoms with Crippen molar-refractivity contribution in [3.8, 4) is 0 Å². The van der Waals surface area contributed by atoms with Gasteiger partial charge in [-0.1, -0.05) is 0 Å². The number of nitrogens with one attached hydrogen (secondary N) is 2. The van der Waals surface area contributed by atoms with Crippen LogP contribution in [0.3, 0.4) is 0 Å². The Hall–Kier alpha value is -1.66. The fraction of sp³-hybridized carbons (Fsp3) is 0.500. The molecule has 1 aromatic rings. The van der Waals surface area contributed by atoms with Gasteiger partial charge in [0.15, 0.2) is 0 Å². The molecule has 0 unspecified atom stereocenters. The van der Waals surface area contributed by atoms with Crippen LogP contribution < -0.4 is 10.7 Å². The van der Waals surface area contributed by atoms with E-state index in [4.69, 9.17) is 0 Å². The van der Waals surface area contributed by atoms with Crippen LogP contribution in [-0.2, 0) is 0 Å². The summed E-state index contributed by atoms with van der Waals surface area (Å²) in [6, 6.07) is 3.56. The molecule has 0 spiro atoms. The van der Waals surface area contributed by atoms with E-state index in [-0.39, 0.29) is 5.91 Å².